The Bertz CT molecular complexity index is 465. The van der Waals surface area contributed by atoms with E-state index >= 15 is 0 Å². The molecule has 0 fully saturated rings. The van der Waals surface area contributed by atoms with Crippen LogP contribution in [0.2, 0.25) is 0 Å². The Labute approximate surface area is 121 Å². The zero-order valence-corrected chi connectivity index (χ0v) is 12.5. The summed E-state index contributed by atoms with van der Waals surface area (Å²) in [5.41, 5.74) is 14.0. The standard InChI is InChI=1S/C16H26N4/c1-3-5-10-14-13-9-7-6-8-12(13)11-20(14)15(4-2)19-16(17)18/h6-9,14-15H,3-5,10-11H2,1-2H3,(H4,17,18,19). The van der Waals surface area contributed by atoms with Crippen molar-refractivity contribution in [2.75, 3.05) is 0 Å². The summed E-state index contributed by atoms with van der Waals surface area (Å²) in [4.78, 5) is 6.86. The average Bonchev–Trinajstić information content (AvgIpc) is 2.80. The Morgan fingerprint density at radius 3 is 2.75 bits per heavy atom. The molecule has 0 radical (unpaired) electrons. The quantitative estimate of drug-likeness (QED) is 0.619. The SMILES string of the molecule is CCCCC1c2ccccc2CN1C(CC)N=C(N)N. The lowest BCUT2D eigenvalue weighted by molar-refractivity contribution is 0.137. The van der Waals surface area contributed by atoms with E-state index in [1.54, 1.807) is 0 Å². The van der Waals surface area contributed by atoms with Crippen LogP contribution in [0.5, 0.6) is 0 Å². The molecular weight excluding hydrogens is 248 g/mol. The number of benzene rings is 1. The van der Waals surface area contributed by atoms with Gasteiger partial charge in [-0.25, -0.2) is 4.99 Å². The van der Waals surface area contributed by atoms with Crippen molar-refractivity contribution in [3.8, 4) is 0 Å². The van der Waals surface area contributed by atoms with Gasteiger partial charge in [-0.3, -0.25) is 4.90 Å². The molecule has 1 aromatic carbocycles. The third kappa shape index (κ3) is 3.12. The minimum atomic E-state index is 0.0780. The number of aliphatic imine (C=N–C) groups is 1. The Morgan fingerprint density at radius 2 is 2.10 bits per heavy atom. The van der Waals surface area contributed by atoms with Crippen molar-refractivity contribution in [1.82, 2.24) is 4.90 Å². The molecule has 0 aromatic heterocycles. The molecule has 2 atom stereocenters. The molecule has 20 heavy (non-hydrogen) atoms. The van der Waals surface area contributed by atoms with Gasteiger partial charge < -0.3 is 11.5 Å². The van der Waals surface area contributed by atoms with Gasteiger partial charge in [-0.05, 0) is 24.0 Å². The number of hydrogen-bond donors (Lipinski definition) is 2. The monoisotopic (exact) mass is 274 g/mol. The summed E-state index contributed by atoms with van der Waals surface area (Å²) in [5.74, 6) is 0.182. The van der Waals surface area contributed by atoms with Gasteiger partial charge in [0.05, 0.1) is 0 Å². The van der Waals surface area contributed by atoms with Crippen molar-refractivity contribution in [2.45, 2.75) is 58.3 Å². The minimum Gasteiger partial charge on any atom is -0.370 e. The molecule has 2 rings (SSSR count). The summed E-state index contributed by atoms with van der Waals surface area (Å²) in [6, 6.07) is 9.15. The van der Waals surface area contributed by atoms with Crippen LogP contribution in [0, 0.1) is 0 Å². The van der Waals surface area contributed by atoms with E-state index in [0.29, 0.717) is 6.04 Å². The first-order valence-electron chi connectivity index (χ1n) is 7.59. The molecule has 0 aliphatic carbocycles. The van der Waals surface area contributed by atoms with Crippen LogP contribution in [0.15, 0.2) is 29.3 Å². The molecule has 1 aromatic rings. The van der Waals surface area contributed by atoms with Gasteiger partial charge in [-0.15, -0.1) is 0 Å². The lowest BCUT2D eigenvalue weighted by Gasteiger charge is -2.30. The molecular formula is C16H26N4. The van der Waals surface area contributed by atoms with Crippen LogP contribution in [0.3, 0.4) is 0 Å². The lowest BCUT2D eigenvalue weighted by atomic mass is 10.00. The largest absolute Gasteiger partial charge is 0.370 e. The average molecular weight is 274 g/mol. The van der Waals surface area contributed by atoms with E-state index < -0.39 is 0 Å². The highest BCUT2D eigenvalue weighted by Gasteiger charge is 2.33. The molecule has 2 unspecified atom stereocenters. The van der Waals surface area contributed by atoms with Crippen LogP contribution in [-0.2, 0) is 6.54 Å². The van der Waals surface area contributed by atoms with Crippen LogP contribution in [-0.4, -0.2) is 17.0 Å². The van der Waals surface area contributed by atoms with Gasteiger partial charge >= 0.3 is 0 Å². The van der Waals surface area contributed by atoms with E-state index in [9.17, 15) is 0 Å². The summed E-state index contributed by atoms with van der Waals surface area (Å²) in [6.07, 6.45) is 4.62. The van der Waals surface area contributed by atoms with Gasteiger partial charge in [0, 0.05) is 12.6 Å². The zero-order valence-electron chi connectivity index (χ0n) is 12.5. The van der Waals surface area contributed by atoms with Crippen molar-refractivity contribution in [3.05, 3.63) is 35.4 Å². The number of nitrogens with zero attached hydrogens (tertiary/aromatic N) is 2. The smallest absolute Gasteiger partial charge is 0.187 e. The number of hydrogen-bond acceptors (Lipinski definition) is 2. The summed E-state index contributed by atoms with van der Waals surface area (Å²) in [5, 5.41) is 0. The summed E-state index contributed by atoms with van der Waals surface area (Å²) < 4.78 is 0. The highest BCUT2D eigenvalue weighted by molar-refractivity contribution is 5.75. The van der Waals surface area contributed by atoms with Crippen molar-refractivity contribution in [3.63, 3.8) is 0 Å². The Hall–Kier alpha value is -1.55. The third-order valence-corrected chi connectivity index (χ3v) is 4.04. The van der Waals surface area contributed by atoms with Gasteiger partial charge in [0.15, 0.2) is 5.96 Å². The first-order valence-corrected chi connectivity index (χ1v) is 7.59. The van der Waals surface area contributed by atoms with E-state index in [2.05, 4.69) is 48.0 Å². The normalized spacial score (nSPS) is 19.6. The summed E-state index contributed by atoms with van der Waals surface area (Å²) in [6.45, 7) is 5.31. The zero-order chi connectivity index (χ0) is 14.5. The van der Waals surface area contributed by atoms with Crippen LogP contribution in [0.4, 0.5) is 0 Å². The van der Waals surface area contributed by atoms with Crippen LogP contribution in [0.25, 0.3) is 0 Å². The van der Waals surface area contributed by atoms with Crippen molar-refractivity contribution in [1.29, 1.82) is 0 Å². The minimum absolute atomic E-state index is 0.0780. The molecule has 4 nitrogen and oxygen atoms in total. The molecule has 1 heterocycles. The van der Waals surface area contributed by atoms with Crippen LogP contribution >= 0.6 is 0 Å². The molecule has 4 N–H and O–H groups in total. The topological polar surface area (TPSA) is 67.6 Å². The number of guanidine groups is 1. The number of nitrogens with two attached hydrogens (primary N) is 2. The van der Waals surface area contributed by atoms with Gasteiger partial charge in [0.2, 0.25) is 0 Å². The highest BCUT2D eigenvalue weighted by Crippen LogP contribution is 2.39. The van der Waals surface area contributed by atoms with E-state index in [4.69, 9.17) is 11.5 Å². The second-order valence-corrected chi connectivity index (χ2v) is 5.47. The molecule has 0 spiro atoms. The molecule has 0 saturated heterocycles. The number of fused-ring (bicyclic) bond motifs is 1. The van der Waals surface area contributed by atoms with Gasteiger partial charge in [0.1, 0.15) is 6.17 Å². The van der Waals surface area contributed by atoms with Crippen LogP contribution < -0.4 is 11.5 Å². The predicted molar refractivity (Wildman–Crippen MR) is 84.1 cm³/mol. The molecule has 110 valence electrons. The van der Waals surface area contributed by atoms with E-state index in [1.165, 1.54) is 30.4 Å². The number of unbranched alkanes of at least 4 members (excludes halogenated alkanes) is 1. The second-order valence-electron chi connectivity index (χ2n) is 5.47. The fraction of sp³-hybridized carbons (Fsp3) is 0.562. The van der Waals surface area contributed by atoms with Crippen molar-refractivity contribution >= 4 is 5.96 Å². The van der Waals surface area contributed by atoms with Crippen molar-refractivity contribution in [2.24, 2.45) is 16.5 Å². The Balaban J connectivity index is 2.26. The van der Waals surface area contributed by atoms with Crippen molar-refractivity contribution < 1.29 is 0 Å². The van der Waals surface area contributed by atoms with Gasteiger partial charge in [-0.1, -0.05) is 51.0 Å². The molecule has 0 saturated carbocycles. The predicted octanol–water partition coefficient (Wildman–Crippen LogP) is 2.74. The second kappa shape index (κ2) is 6.75. The summed E-state index contributed by atoms with van der Waals surface area (Å²) in [7, 11) is 0. The Morgan fingerprint density at radius 1 is 1.35 bits per heavy atom. The molecule has 0 bridgehead atoms. The first kappa shape index (κ1) is 14.9. The maximum Gasteiger partial charge on any atom is 0.187 e. The maximum atomic E-state index is 5.59. The van der Waals surface area contributed by atoms with Crippen LogP contribution in [0.1, 0.15) is 56.7 Å². The maximum absolute atomic E-state index is 5.59. The molecule has 4 heteroatoms. The first-order chi connectivity index (χ1) is 9.67. The lowest BCUT2D eigenvalue weighted by Crippen LogP contribution is -2.36. The van der Waals surface area contributed by atoms with E-state index in [-0.39, 0.29) is 12.1 Å². The van der Waals surface area contributed by atoms with E-state index in [1.807, 2.05) is 0 Å². The Kier molecular flexibility index (Phi) is 5.01. The molecule has 1 aliphatic heterocycles. The number of rotatable bonds is 6. The molecule has 0 amide bonds. The summed E-state index contributed by atoms with van der Waals surface area (Å²) >= 11 is 0. The van der Waals surface area contributed by atoms with E-state index in [0.717, 1.165) is 13.0 Å². The fourth-order valence-electron chi connectivity index (χ4n) is 3.09. The van der Waals surface area contributed by atoms with Gasteiger partial charge in [-0.2, -0.15) is 0 Å². The van der Waals surface area contributed by atoms with Gasteiger partial charge in [0.25, 0.3) is 0 Å². The third-order valence-electron chi connectivity index (χ3n) is 4.04. The fourth-order valence-corrected chi connectivity index (χ4v) is 3.09. The highest BCUT2D eigenvalue weighted by atomic mass is 15.3. The molecule has 1 aliphatic rings.